The van der Waals surface area contributed by atoms with Crippen molar-refractivity contribution in [2.45, 2.75) is 6.92 Å². The Kier molecular flexibility index (Phi) is 4.09. The van der Waals surface area contributed by atoms with Gasteiger partial charge in [-0.05, 0) is 62.5 Å². The van der Waals surface area contributed by atoms with E-state index in [4.69, 9.17) is 17.3 Å². The molecule has 0 aliphatic carbocycles. The highest BCUT2D eigenvalue weighted by Gasteiger charge is 2.11. The summed E-state index contributed by atoms with van der Waals surface area (Å²) < 4.78 is 1.78. The lowest BCUT2D eigenvalue weighted by Crippen LogP contribution is -2.04. The van der Waals surface area contributed by atoms with Crippen LogP contribution >= 0.6 is 43.5 Å². The number of nitrogens with zero attached hydrogens (tertiary/aromatic N) is 2. The van der Waals surface area contributed by atoms with Gasteiger partial charge >= 0.3 is 0 Å². The Labute approximate surface area is 126 Å². The van der Waals surface area contributed by atoms with Gasteiger partial charge in [-0.15, -0.1) is 0 Å². The molecule has 0 saturated heterocycles. The number of anilines is 3. The van der Waals surface area contributed by atoms with Crippen LogP contribution in [-0.2, 0) is 0 Å². The number of para-hydroxylation sites is 1. The number of halogens is 3. The van der Waals surface area contributed by atoms with E-state index in [-0.39, 0.29) is 5.28 Å². The van der Waals surface area contributed by atoms with Crippen molar-refractivity contribution in [2.75, 3.05) is 11.1 Å². The molecule has 1 aromatic heterocycles. The Morgan fingerprint density at radius 3 is 2.44 bits per heavy atom. The smallest absolute Gasteiger partial charge is 0.224 e. The molecule has 18 heavy (non-hydrogen) atoms. The Morgan fingerprint density at radius 2 is 1.83 bits per heavy atom. The molecule has 0 unspecified atom stereocenters. The summed E-state index contributed by atoms with van der Waals surface area (Å²) in [6.07, 6.45) is 0. The summed E-state index contributed by atoms with van der Waals surface area (Å²) in [5, 5.41) is 3.30. The second kappa shape index (κ2) is 5.42. The highest BCUT2D eigenvalue weighted by Crippen LogP contribution is 2.34. The summed E-state index contributed by atoms with van der Waals surface area (Å²) in [5.41, 5.74) is 7.87. The van der Waals surface area contributed by atoms with Crippen LogP contribution in [0.3, 0.4) is 0 Å². The predicted molar refractivity (Wildman–Crippen MR) is 81.3 cm³/mol. The summed E-state index contributed by atoms with van der Waals surface area (Å²) in [4.78, 5) is 8.07. The van der Waals surface area contributed by atoms with Gasteiger partial charge in [0.25, 0.3) is 0 Å². The second-order valence-electron chi connectivity index (χ2n) is 3.56. The first-order valence-electron chi connectivity index (χ1n) is 4.99. The third-order valence-electron chi connectivity index (χ3n) is 2.32. The molecule has 0 saturated carbocycles. The zero-order valence-corrected chi connectivity index (χ0v) is 13.3. The van der Waals surface area contributed by atoms with Crippen LogP contribution in [0.5, 0.6) is 0 Å². The number of aromatic nitrogens is 2. The number of hydrogen-bond donors (Lipinski definition) is 2. The average Bonchev–Trinajstić information content (AvgIpc) is 2.30. The number of nitrogens with one attached hydrogen (secondary N) is 1. The fourth-order valence-corrected chi connectivity index (χ4v) is 2.79. The van der Waals surface area contributed by atoms with Gasteiger partial charge < -0.3 is 11.1 Å². The van der Waals surface area contributed by atoms with Gasteiger partial charge in [-0.1, -0.05) is 6.07 Å². The molecule has 1 heterocycles. The van der Waals surface area contributed by atoms with Gasteiger partial charge in [-0.25, -0.2) is 4.98 Å². The van der Waals surface area contributed by atoms with Gasteiger partial charge in [0, 0.05) is 8.95 Å². The van der Waals surface area contributed by atoms with E-state index in [1.807, 2.05) is 18.2 Å². The topological polar surface area (TPSA) is 63.8 Å². The van der Waals surface area contributed by atoms with Crippen molar-refractivity contribution in [3.05, 3.63) is 38.1 Å². The van der Waals surface area contributed by atoms with Gasteiger partial charge in [0.1, 0.15) is 0 Å². The molecular formula is C11H9Br2ClN4. The number of rotatable bonds is 2. The van der Waals surface area contributed by atoms with E-state index in [0.717, 1.165) is 14.6 Å². The predicted octanol–water partition coefficient (Wildman–Crippen LogP) is 4.29. The van der Waals surface area contributed by atoms with Crippen LogP contribution in [0.1, 0.15) is 5.69 Å². The van der Waals surface area contributed by atoms with Gasteiger partial charge in [-0.2, -0.15) is 4.98 Å². The minimum Gasteiger partial charge on any atom is -0.394 e. The van der Waals surface area contributed by atoms with Crippen LogP contribution in [0, 0.1) is 6.92 Å². The molecule has 3 N–H and O–H groups in total. The lowest BCUT2D eigenvalue weighted by atomic mass is 10.3. The standard InChI is InChI=1S/C11H9Br2ClN4/c1-5-8(15)10(18-11(14)16-5)17-9-6(12)3-2-4-7(9)13/h2-4H,15H2,1H3,(H,16,17,18). The number of aryl methyl sites for hydroxylation is 1. The summed E-state index contributed by atoms with van der Waals surface area (Å²) >= 11 is 12.7. The molecule has 0 aliphatic heterocycles. The molecule has 4 nitrogen and oxygen atoms in total. The largest absolute Gasteiger partial charge is 0.394 e. The quantitative estimate of drug-likeness (QED) is 0.749. The number of benzene rings is 1. The van der Waals surface area contributed by atoms with Crippen molar-refractivity contribution in [3.63, 3.8) is 0 Å². The van der Waals surface area contributed by atoms with E-state index in [9.17, 15) is 0 Å². The molecule has 2 aromatic rings. The SMILES string of the molecule is Cc1nc(Cl)nc(Nc2c(Br)cccc2Br)c1N. The molecule has 0 spiro atoms. The summed E-state index contributed by atoms with van der Waals surface area (Å²) in [7, 11) is 0. The van der Waals surface area contributed by atoms with Gasteiger partial charge in [0.2, 0.25) is 5.28 Å². The third kappa shape index (κ3) is 2.76. The lowest BCUT2D eigenvalue weighted by Gasteiger charge is -2.12. The van der Waals surface area contributed by atoms with Crippen molar-refractivity contribution in [2.24, 2.45) is 0 Å². The monoisotopic (exact) mass is 390 g/mol. The van der Waals surface area contributed by atoms with Crippen LogP contribution in [-0.4, -0.2) is 9.97 Å². The van der Waals surface area contributed by atoms with Gasteiger partial charge in [-0.3, -0.25) is 0 Å². The molecule has 0 amide bonds. The van der Waals surface area contributed by atoms with Crippen molar-refractivity contribution >= 4 is 60.7 Å². The highest BCUT2D eigenvalue weighted by molar-refractivity contribution is 9.11. The van der Waals surface area contributed by atoms with Crippen LogP contribution in [0.4, 0.5) is 17.2 Å². The Balaban J connectivity index is 2.46. The Morgan fingerprint density at radius 1 is 1.22 bits per heavy atom. The number of nitrogen functional groups attached to an aromatic ring is 1. The van der Waals surface area contributed by atoms with Crippen molar-refractivity contribution in [1.29, 1.82) is 0 Å². The molecule has 7 heteroatoms. The van der Waals surface area contributed by atoms with Gasteiger partial charge in [0.05, 0.1) is 17.1 Å². The Bertz CT molecular complexity index is 584. The minimum atomic E-state index is 0.160. The van der Waals surface area contributed by atoms with Crippen molar-refractivity contribution in [3.8, 4) is 0 Å². The molecule has 0 bridgehead atoms. The van der Waals surface area contributed by atoms with E-state index < -0.39 is 0 Å². The lowest BCUT2D eigenvalue weighted by molar-refractivity contribution is 1.11. The molecule has 0 fully saturated rings. The molecule has 1 aromatic carbocycles. The second-order valence-corrected chi connectivity index (χ2v) is 5.61. The van der Waals surface area contributed by atoms with E-state index in [1.165, 1.54) is 0 Å². The van der Waals surface area contributed by atoms with E-state index in [0.29, 0.717) is 17.2 Å². The minimum absolute atomic E-state index is 0.160. The van der Waals surface area contributed by atoms with Crippen LogP contribution in [0.25, 0.3) is 0 Å². The first-order valence-corrected chi connectivity index (χ1v) is 6.96. The maximum atomic E-state index is 5.92. The molecular weight excluding hydrogens is 383 g/mol. The average molecular weight is 392 g/mol. The highest BCUT2D eigenvalue weighted by atomic mass is 79.9. The fourth-order valence-electron chi connectivity index (χ4n) is 1.38. The van der Waals surface area contributed by atoms with Crippen LogP contribution in [0.2, 0.25) is 5.28 Å². The van der Waals surface area contributed by atoms with Crippen molar-refractivity contribution in [1.82, 2.24) is 9.97 Å². The third-order valence-corrected chi connectivity index (χ3v) is 3.81. The van der Waals surface area contributed by atoms with E-state index in [2.05, 4.69) is 47.1 Å². The van der Waals surface area contributed by atoms with Crippen LogP contribution in [0.15, 0.2) is 27.1 Å². The summed E-state index contributed by atoms with van der Waals surface area (Å²) in [6, 6.07) is 5.75. The number of nitrogens with two attached hydrogens (primary N) is 1. The maximum Gasteiger partial charge on any atom is 0.224 e. The first kappa shape index (κ1) is 13.6. The molecule has 2 rings (SSSR count). The van der Waals surface area contributed by atoms with E-state index >= 15 is 0 Å². The Hall–Kier alpha value is -0.850. The molecule has 0 radical (unpaired) electrons. The van der Waals surface area contributed by atoms with Crippen LogP contribution < -0.4 is 11.1 Å². The van der Waals surface area contributed by atoms with E-state index in [1.54, 1.807) is 6.92 Å². The molecule has 0 atom stereocenters. The molecule has 0 aliphatic rings. The fraction of sp³-hybridized carbons (Fsp3) is 0.0909. The first-order chi connectivity index (χ1) is 8.49. The van der Waals surface area contributed by atoms with Crippen molar-refractivity contribution < 1.29 is 0 Å². The summed E-state index contributed by atoms with van der Waals surface area (Å²) in [5.74, 6) is 0.486. The van der Waals surface area contributed by atoms with Gasteiger partial charge in [0.15, 0.2) is 5.82 Å². The maximum absolute atomic E-state index is 5.92. The zero-order chi connectivity index (χ0) is 13.3. The summed E-state index contributed by atoms with van der Waals surface area (Å²) in [6.45, 7) is 1.78. The zero-order valence-electron chi connectivity index (χ0n) is 9.34. The molecule has 94 valence electrons. The number of hydrogen-bond acceptors (Lipinski definition) is 4. The normalized spacial score (nSPS) is 10.4.